The number of nitrogens with zero attached hydrogens (tertiary/aromatic N) is 5. The molecular formula is C48H49F3N8O7S. The Hall–Kier alpha value is -6.31. The van der Waals surface area contributed by atoms with Gasteiger partial charge in [-0.3, -0.25) is 29.2 Å². The van der Waals surface area contributed by atoms with E-state index in [9.17, 15) is 32.0 Å². The Morgan fingerprint density at radius 2 is 1.73 bits per heavy atom. The number of aromatic amines is 1. The Kier molecular flexibility index (Phi) is 11.8. The van der Waals surface area contributed by atoms with Crippen molar-refractivity contribution in [3.05, 3.63) is 107 Å². The summed E-state index contributed by atoms with van der Waals surface area (Å²) in [5.41, 5.74) is 2.69. The molecule has 3 N–H and O–H groups in total. The van der Waals surface area contributed by atoms with Crippen LogP contribution in [0.4, 0.5) is 24.5 Å². The number of aromatic nitrogens is 2. The molecule has 3 amide bonds. The third-order valence-electron chi connectivity index (χ3n) is 14.0. The van der Waals surface area contributed by atoms with Crippen molar-refractivity contribution >= 4 is 56.1 Å². The number of fused-ring (bicyclic) bond motifs is 2. The zero-order valence-electron chi connectivity index (χ0n) is 36.6. The number of alkyl halides is 1. The van der Waals surface area contributed by atoms with Gasteiger partial charge in [0.15, 0.2) is 5.82 Å². The van der Waals surface area contributed by atoms with Gasteiger partial charge in [-0.05, 0) is 98.3 Å². The summed E-state index contributed by atoms with van der Waals surface area (Å²) in [4.78, 5) is 64.7. The van der Waals surface area contributed by atoms with Crippen LogP contribution in [0.15, 0.2) is 73.1 Å². The molecule has 4 aliphatic heterocycles. The average molecular weight is 939 g/mol. The Morgan fingerprint density at radius 1 is 0.955 bits per heavy atom. The maximum atomic E-state index is 15.7. The minimum absolute atomic E-state index is 0.0000920. The van der Waals surface area contributed by atoms with Gasteiger partial charge in [-0.2, -0.15) is 12.7 Å². The minimum atomic E-state index is -4.36. The van der Waals surface area contributed by atoms with Crippen LogP contribution in [0.2, 0.25) is 0 Å². The zero-order valence-corrected chi connectivity index (χ0v) is 37.5. The summed E-state index contributed by atoms with van der Waals surface area (Å²) in [5.74, 6) is -3.19. The Balaban J connectivity index is 0.708. The SMILES string of the molecule is CN(CC1CCN(c2ccc3c(c2)CN([C@H]2CCC(=O)NC2=O)C3=O)CC1)C1CC(Oc2ccc(-c3cnc4[nH]cc(C(=O)c5c(F)ccc(NS(=O)(=O)N6CC[C@@H](F)C6)c5F)c4c3)cc2)C1. The van der Waals surface area contributed by atoms with Crippen LogP contribution in [0.3, 0.4) is 0 Å². The van der Waals surface area contributed by atoms with Crippen LogP contribution in [-0.2, 0) is 26.3 Å². The van der Waals surface area contributed by atoms with Crippen LogP contribution >= 0.6 is 0 Å². The van der Waals surface area contributed by atoms with Crippen LogP contribution < -0.4 is 19.7 Å². The van der Waals surface area contributed by atoms with E-state index in [-0.39, 0.29) is 42.9 Å². The Bertz CT molecular complexity index is 2900. The molecule has 1 aliphatic carbocycles. The first-order valence-corrected chi connectivity index (χ1v) is 24.0. The average Bonchev–Trinajstić information content (AvgIpc) is 4.03. The quantitative estimate of drug-likeness (QED) is 0.0944. The smallest absolute Gasteiger partial charge is 0.301 e. The second-order valence-electron chi connectivity index (χ2n) is 18.3. The van der Waals surface area contributed by atoms with Gasteiger partial charge in [0.05, 0.1) is 11.3 Å². The highest BCUT2D eigenvalue weighted by Gasteiger charge is 2.40. The molecule has 5 aliphatic rings. The summed E-state index contributed by atoms with van der Waals surface area (Å²) in [6.45, 7) is 2.69. The lowest BCUT2D eigenvalue weighted by molar-refractivity contribution is -0.136. The molecule has 67 heavy (non-hydrogen) atoms. The number of benzene rings is 3. The number of piperidine rings is 2. The van der Waals surface area contributed by atoms with Gasteiger partial charge < -0.3 is 24.4 Å². The fraction of sp³-hybridized carbons (Fsp3) is 0.396. The number of nitrogens with one attached hydrogen (secondary N) is 3. The monoisotopic (exact) mass is 938 g/mol. The number of carbonyl (C=O) groups excluding carboxylic acids is 4. The topological polar surface area (TPSA) is 177 Å². The summed E-state index contributed by atoms with van der Waals surface area (Å²) in [5, 5.41) is 2.67. The molecule has 15 nitrogen and oxygen atoms in total. The number of halogens is 3. The zero-order chi connectivity index (χ0) is 46.7. The molecule has 3 aromatic carbocycles. The highest BCUT2D eigenvalue weighted by atomic mass is 32.2. The maximum Gasteiger partial charge on any atom is 0.301 e. The van der Waals surface area contributed by atoms with Crippen molar-refractivity contribution in [1.29, 1.82) is 0 Å². The number of hydrogen-bond acceptors (Lipinski definition) is 10. The fourth-order valence-corrected chi connectivity index (χ4v) is 11.3. The molecule has 10 rings (SSSR count). The number of hydrogen-bond donors (Lipinski definition) is 3. The van der Waals surface area contributed by atoms with Crippen molar-refractivity contribution in [2.24, 2.45) is 5.92 Å². The van der Waals surface area contributed by atoms with E-state index in [2.05, 4.69) is 38.2 Å². The van der Waals surface area contributed by atoms with Gasteiger partial charge in [0, 0.05) is 105 Å². The molecule has 0 bridgehead atoms. The molecule has 4 fully saturated rings. The normalized spacial score (nSPS) is 22.6. The molecule has 3 saturated heterocycles. The largest absolute Gasteiger partial charge is 0.490 e. The number of anilines is 2. The molecule has 0 spiro atoms. The van der Waals surface area contributed by atoms with Crippen LogP contribution in [-0.4, -0.2) is 120 Å². The minimum Gasteiger partial charge on any atom is -0.490 e. The van der Waals surface area contributed by atoms with Gasteiger partial charge in [0.1, 0.15) is 35.5 Å². The van der Waals surface area contributed by atoms with Crippen molar-refractivity contribution in [3.8, 4) is 16.9 Å². The molecule has 2 aromatic heterocycles. The summed E-state index contributed by atoms with van der Waals surface area (Å²) in [6.07, 6.45) is 6.11. The van der Waals surface area contributed by atoms with Crippen molar-refractivity contribution in [2.75, 3.05) is 49.4 Å². The predicted molar refractivity (Wildman–Crippen MR) is 242 cm³/mol. The van der Waals surface area contributed by atoms with Crippen LogP contribution in [0.25, 0.3) is 22.2 Å². The van der Waals surface area contributed by atoms with Crippen molar-refractivity contribution in [2.45, 2.75) is 75.8 Å². The second kappa shape index (κ2) is 17.7. The molecule has 1 saturated carbocycles. The molecular weight excluding hydrogens is 890 g/mol. The lowest BCUT2D eigenvalue weighted by Gasteiger charge is -2.43. The highest BCUT2D eigenvalue weighted by molar-refractivity contribution is 7.90. The lowest BCUT2D eigenvalue weighted by Crippen LogP contribution is -2.52. The van der Waals surface area contributed by atoms with Crippen molar-refractivity contribution < 1.29 is 45.5 Å². The number of H-pyrrole nitrogens is 1. The van der Waals surface area contributed by atoms with E-state index in [1.807, 2.05) is 41.1 Å². The van der Waals surface area contributed by atoms with Crippen LogP contribution in [0.5, 0.6) is 5.75 Å². The van der Waals surface area contributed by atoms with Gasteiger partial charge in [-0.15, -0.1) is 0 Å². The molecule has 0 radical (unpaired) electrons. The van der Waals surface area contributed by atoms with E-state index in [0.717, 1.165) is 78.6 Å². The third kappa shape index (κ3) is 8.75. The fourth-order valence-electron chi connectivity index (χ4n) is 10.0. The summed E-state index contributed by atoms with van der Waals surface area (Å²) in [7, 11) is -2.18. The Labute approximate surface area is 384 Å². The van der Waals surface area contributed by atoms with E-state index in [1.54, 1.807) is 17.2 Å². The van der Waals surface area contributed by atoms with Crippen molar-refractivity contribution in [3.63, 3.8) is 0 Å². The van der Waals surface area contributed by atoms with Gasteiger partial charge in [-0.1, -0.05) is 12.1 Å². The van der Waals surface area contributed by atoms with Gasteiger partial charge in [-0.25, -0.2) is 18.2 Å². The first-order valence-electron chi connectivity index (χ1n) is 22.6. The van der Waals surface area contributed by atoms with Gasteiger partial charge in [0.25, 0.3) is 5.91 Å². The number of pyridine rings is 1. The molecule has 0 unspecified atom stereocenters. The molecule has 5 aromatic rings. The van der Waals surface area contributed by atoms with E-state index in [0.29, 0.717) is 52.8 Å². The number of carbonyl (C=O) groups is 4. The first-order chi connectivity index (χ1) is 32.2. The molecule has 2 atom stereocenters. The number of ketones is 1. The third-order valence-corrected chi connectivity index (χ3v) is 15.5. The lowest BCUT2D eigenvalue weighted by atomic mass is 9.86. The number of rotatable bonds is 13. The summed E-state index contributed by atoms with van der Waals surface area (Å²) < 4.78 is 79.4. The number of amides is 3. The van der Waals surface area contributed by atoms with Gasteiger partial charge in [0.2, 0.25) is 17.6 Å². The molecule has 19 heteroatoms. The second-order valence-corrected chi connectivity index (χ2v) is 20.0. The van der Waals surface area contributed by atoms with Crippen molar-refractivity contribution in [1.82, 2.24) is 29.4 Å². The van der Waals surface area contributed by atoms with E-state index in [4.69, 9.17) is 4.74 Å². The predicted octanol–water partition coefficient (Wildman–Crippen LogP) is 5.96. The van der Waals surface area contributed by atoms with Gasteiger partial charge >= 0.3 is 10.2 Å². The van der Waals surface area contributed by atoms with Crippen LogP contribution in [0, 0.1) is 17.6 Å². The molecule has 350 valence electrons. The van der Waals surface area contributed by atoms with Crippen LogP contribution in [0.1, 0.15) is 76.8 Å². The summed E-state index contributed by atoms with van der Waals surface area (Å²) >= 11 is 0. The maximum absolute atomic E-state index is 15.7. The summed E-state index contributed by atoms with van der Waals surface area (Å²) in [6, 6.07) is 16.6. The Morgan fingerprint density at radius 3 is 2.46 bits per heavy atom. The van der Waals surface area contributed by atoms with E-state index >= 15 is 8.78 Å². The number of imide groups is 1. The number of ether oxygens (including phenoxy) is 1. The first kappa shape index (κ1) is 44.5. The standard InChI is InChI=1S/C48H49F3N8O7S/c1-56(24-27-12-15-57(16-13-27)32-4-7-36-30(18-32)25-59(48(36)63)41-10-11-42(60)54-47(41)62)33-20-35(21-33)66-34-5-2-28(3-6-34)29-19-37-38(23-53-46(37)52-22-29)45(61)43-39(50)8-9-40(44(43)51)55-67(64,65)58-17-14-31(49)26-58/h2-9,18-19,22-23,27,31,33,35,41,55H,10-17,20-21,24-26H2,1H3,(H,52,53)(H,54,60,62)/t31-,33?,35?,41+/m1/s1. The van der Waals surface area contributed by atoms with E-state index in [1.165, 1.54) is 6.20 Å². The highest BCUT2D eigenvalue weighted by Crippen LogP contribution is 2.36. The molecule has 6 heterocycles. The van der Waals surface area contributed by atoms with E-state index < -0.39 is 63.5 Å².